The molecule has 0 unspecified atom stereocenters. The van der Waals surface area contributed by atoms with Crippen molar-refractivity contribution >= 4 is 15.7 Å². The number of sulfonamides is 1. The summed E-state index contributed by atoms with van der Waals surface area (Å²) in [5.74, 6) is 0.793. The Kier molecular flexibility index (Phi) is 5.20. The SMILES string of the molecule is COc1ccc(NS(=O)(=O)c2ccc(-c3ccc(C)cc3)cc2)c(-c2nn[nH]n2)c1. The lowest BCUT2D eigenvalue weighted by molar-refractivity contribution is 0.415. The summed E-state index contributed by atoms with van der Waals surface area (Å²) in [5, 5.41) is 13.8. The molecule has 0 fully saturated rings. The van der Waals surface area contributed by atoms with Gasteiger partial charge in [0.1, 0.15) is 5.75 Å². The molecule has 0 saturated carbocycles. The summed E-state index contributed by atoms with van der Waals surface area (Å²) in [5.41, 5.74) is 3.89. The fourth-order valence-corrected chi connectivity index (χ4v) is 4.06. The van der Waals surface area contributed by atoms with Crippen LogP contribution in [0.15, 0.2) is 71.6 Å². The predicted molar refractivity (Wildman–Crippen MR) is 114 cm³/mol. The molecule has 3 aromatic carbocycles. The van der Waals surface area contributed by atoms with Crippen molar-refractivity contribution in [3.63, 3.8) is 0 Å². The van der Waals surface area contributed by atoms with E-state index in [1.165, 1.54) is 12.7 Å². The van der Waals surface area contributed by atoms with Crippen LogP contribution in [-0.2, 0) is 10.0 Å². The molecule has 30 heavy (non-hydrogen) atoms. The minimum atomic E-state index is -3.83. The Labute approximate surface area is 174 Å². The number of methoxy groups -OCH3 is 1. The molecule has 4 aromatic rings. The molecule has 0 aliphatic carbocycles. The van der Waals surface area contributed by atoms with E-state index in [0.29, 0.717) is 17.0 Å². The van der Waals surface area contributed by atoms with Gasteiger partial charge in [-0.3, -0.25) is 4.72 Å². The van der Waals surface area contributed by atoms with E-state index < -0.39 is 10.0 Å². The molecule has 0 amide bonds. The zero-order valence-corrected chi connectivity index (χ0v) is 17.1. The third kappa shape index (κ3) is 4.01. The van der Waals surface area contributed by atoms with Gasteiger partial charge in [0.15, 0.2) is 0 Å². The zero-order valence-electron chi connectivity index (χ0n) is 16.3. The number of hydrogen-bond donors (Lipinski definition) is 2. The molecule has 0 spiro atoms. The molecule has 4 rings (SSSR count). The van der Waals surface area contributed by atoms with Crippen molar-refractivity contribution in [2.24, 2.45) is 0 Å². The number of rotatable bonds is 6. The van der Waals surface area contributed by atoms with E-state index in [1.54, 1.807) is 42.5 Å². The van der Waals surface area contributed by atoms with Crippen LogP contribution in [0.2, 0.25) is 0 Å². The molecule has 1 aromatic heterocycles. The van der Waals surface area contributed by atoms with Gasteiger partial charge in [0, 0.05) is 0 Å². The van der Waals surface area contributed by atoms with Crippen molar-refractivity contribution in [3.8, 4) is 28.3 Å². The highest BCUT2D eigenvalue weighted by Crippen LogP contribution is 2.31. The molecule has 0 saturated heterocycles. The first-order valence-corrected chi connectivity index (χ1v) is 10.6. The minimum Gasteiger partial charge on any atom is -0.497 e. The standard InChI is InChI=1S/C21H19N5O3S/c1-14-3-5-15(6-4-14)16-7-10-18(11-8-16)30(27,28)24-20-12-9-17(29-2)13-19(20)21-22-25-26-23-21/h3-13,24H,1-2H3,(H,22,23,25,26). The Morgan fingerprint density at radius 2 is 1.60 bits per heavy atom. The van der Waals surface area contributed by atoms with E-state index >= 15 is 0 Å². The third-order valence-electron chi connectivity index (χ3n) is 4.61. The molecule has 0 atom stereocenters. The average Bonchev–Trinajstić information content (AvgIpc) is 3.29. The first kappa shape index (κ1) is 19.6. The van der Waals surface area contributed by atoms with Crippen LogP contribution in [-0.4, -0.2) is 36.2 Å². The number of hydrogen-bond acceptors (Lipinski definition) is 6. The van der Waals surface area contributed by atoms with E-state index in [4.69, 9.17) is 4.74 Å². The van der Waals surface area contributed by atoms with Crippen molar-refractivity contribution in [1.82, 2.24) is 20.6 Å². The van der Waals surface area contributed by atoms with Crippen LogP contribution < -0.4 is 9.46 Å². The highest BCUT2D eigenvalue weighted by molar-refractivity contribution is 7.92. The van der Waals surface area contributed by atoms with E-state index in [0.717, 1.165) is 11.1 Å². The number of ether oxygens (including phenoxy) is 1. The topological polar surface area (TPSA) is 110 Å². The second kappa shape index (κ2) is 7.96. The second-order valence-corrected chi connectivity index (χ2v) is 8.33. The maximum Gasteiger partial charge on any atom is 0.261 e. The monoisotopic (exact) mass is 421 g/mol. The van der Waals surface area contributed by atoms with Crippen LogP contribution in [0.1, 0.15) is 5.56 Å². The quantitative estimate of drug-likeness (QED) is 0.492. The fourth-order valence-electron chi connectivity index (χ4n) is 2.98. The number of anilines is 1. The Morgan fingerprint density at radius 1 is 0.933 bits per heavy atom. The number of tetrazole rings is 1. The molecular weight excluding hydrogens is 402 g/mol. The Balaban J connectivity index is 1.64. The van der Waals surface area contributed by atoms with Gasteiger partial charge in [-0.15, -0.1) is 10.2 Å². The summed E-state index contributed by atoms with van der Waals surface area (Å²) < 4.78 is 33.8. The molecule has 0 radical (unpaired) electrons. The maximum absolute atomic E-state index is 13.0. The predicted octanol–water partition coefficient (Wildman–Crippen LogP) is 3.65. The summed E-state index contributed by atoms with van der Waals surface area (Å²) in [6.07, 6.45) is 0. The van der Waals surface area contributed by atoms with E-state index in [2.05, 4.69) is 25.3 Å². The zero-order chi connectivity index (χ0) is 21.1. The maximum atomic E-state index is 13.0. The van der Waals surface area contributed by atoms with Crippen LogP contribution >= 0.6 is 0 Å². The van der Waals surface area contributed by atoms with Crippen LogP contribution in [0.4, 0.5) is 5.69 Å². The van der Waals surface area contributed by atoms with Crippen LogP contribution in [0, 0.1) is 6.92 Å². The second-order valence-electron chi connectivity index (χ2n) is 6.64. The number of benzene rings is 3. The summed E-state index contributed by atoms with van der Waals surface area (Å²) in [6, 6.07) is 19.7. The Hall–Kier alpha value is -3.72. The Morgan fingerprint density at radius 3 is 2.20 bits per heavy atom. The normalized spacial score (nSPS) is 11.3. The molecule has 152 valence electrons. The van der Waals surface area contributed by atoms with Gasteiger partial charge in [0.25, 0.3) is 10.0 Å². The van der Waals surface area contributed by atoms with Gasteiger partial charge >= 0.3 is 0 Å². The molecule has 9 heteroatoms. The van der Waals surface area contributed by atoms with E-state index in [1.807, 2.05) is 31.2 Å². The van der Waals surface area contributed by atoms with Gasteiger partial charge in [0.05, 0.1) is 23.3 Å². The number of aromatic amines is 1. The van der Waals surface area contributed by atoms with Gasteiger partial charge in [-0.1, -0.05) is 42.0 Å². The summed E-state index contributed by atoms with van der Waals surface area (Å²) in [6.45, 7) is 2.02. The molecular formula is C21H19N5O3S. The van der Waals surface area contributed by atoms with Crippen molar-refractivity contribution < 1.29 is 13.2 Å². The van der Waals surface area contributed by atoms with Gasteiger partial charge in [-0.05, 0) is 53.6 Å². The van der Waals surface area contributed by atoms with Crippen molar-refractivity contribution in [2.75, 3.05) is 11.8 Å². The van der Waals surface area contributed by atoms with Crippen LogP contribution in [0.25, 0.3) is 22.5 Å². The highest BCUT2D eigenvalue weighted by atomic mass is 32.2. The van der Waals surface area contributed by atoms with Crippen LogP contribution in [0.3, 0.4) is 0 Å². The lowest BCUT2D eigenvalue weighted by atomic mass is 10.0. The summed E-state index contributed by atoms with van der Waals surface area (Å²) >= 11 is 0. The Bertz CT molecular complexity index is 1250. The van der Waals surface area contributed by atoms with Crippen molar-refractivity contribution in [3.05, 3.63) is 72.3 Å². The first-order valence-electron chi connectivity index (χ1n) is 9.08. The van der Waals surface area contributed by atoms with Gasteiger partial charge < -0.3 is 4.74 Å². The number of aryl methyl sites for hydroxylation is 1. The molecule has 0 aliphatic heterocycles. The third-order valence-corrected chi connectivity index (χ3v) is 5.99. The molecule has 1 heterocycles. The van der Waals surface area contributed by atoms with Gasteiger partial charge in [-0.25, -0.2) is 8.42 Å². The number of aromatic nitrogens is 4. The summed E-state index contributed by atoms with van der Waals surface area (Å²) in [4.78, 5) is 0.147. The minimum absolute atomic E-state index is 0.147. The van der Waals surface area contributed by atoms with Crippen LogP contribution in [0.5, 0.6) is 5.75 Å². The first-order chi connectivity index (χ1) is 14.5. The molecule has 0 bridgehead atoms. The molecule has 0 aliphatic rings. The average molecular weight is 421 g/mol. The van der Waals surface area contributed by atoms with E-state index in [-0.39, 0.29) is 10.7 Å². The number of H-pyrrole nitrogens is 1. The fraction of sp³-hybridized carbons (Fsp3) is 0.0952. The lowest BCUT2D eigenvalue weighted by Gasteiger charge is -2.13. The lowest BCUT2D eigenvalue weighted by Crippen LogP contribution is -2.13. The number of nitrogens with one attached hydrogen (secondary N) is 2. The number of nitrogens with zero attached hydrogens (tertiary/aromatic N) is 3. The van der Waals surface area contributed by atoms with Gasteiger partial charge in [0.2, 0.25) is 5.82 Å². The van der Waals surface area contributed by atoms with E-state index in [9.17, 15) is 8.42 Å². The van der Waals surface area contributed by atoms with Crippen molar-refractivity contribution in [1.29, 1.82) is 0 Å². The molecule has 8 nitrogen and oxygen atoms in total. The van der Waals surface area contributed by atoms with Gasteiger partial charge in [-0.2, -0.15) is 5.21 Å². The highest BCUT2D eigenvalue weighted by Gasteiger charge is 2.19. The molecule has 2 N–H and O–H groups in total. The smallest absolute Gasteiger partial charge is 0.261 e. The van der Waals surface area contributed by atoms with Crippen molar-refractivity contribution in [2.45, 2.75) is 11.8 Å². The largest absolute Gasteiger partial charge is 0.497 e. The summed E-state index contributed by atoms with van der Waals surface area (Å²) in [7, 11) is -2.31.